The van der Waals surface area contributed by atoms with Gasteiger partial charge < -0.3 is 15.3 Å². The summed E-state index contributed by atoms with van der Waals surface area (Å²) < 4.78 is 0. The molecule has 0 aliphatic carbocycles. The summed E-state index contributed by atoms with van der Waals surface area (Å²) in [5, 5.41) is 11.4. The number of hydrogen-bond acceptors (Lipinski definition) is 3. The van der Waals surface area contributed by atoms with Gasteiger partial charge in [-0.2, -0.15) is 0 Å². The summed E-state index contributed by atoms with van der Waals surface area (Å²) in [4.78, 5) is 35.7. The fourth-order valence-corrected chi connectivity index (χ4v) is 2.03. The highest BCUT2D eigenvalue weighted by molar-refractivity contribution is 5.95. The van der Waals surface area contributed by atoms with E-state index in [4.69, 9.17) is 5.11 Å². The summed E-state index contributed by atoms with van der Waals surface area (Å²) in [7, 11) is 0. The van der Waals surface area contributed by atoms with Crippen molar-refractivity contribution in [3.63, 3.8) is 0 Å². The third kappa shape index (κ3) is 5.95. The van der Waals surface area contributed by atoms with Gasteiger partial charge in [0.15, 0.2) is 0 Å². The van der Waals surface area contributed by atoms with Crippen molar-refractivity contribution in [3.05, 3.63) is 29.8 Å². The first-order valence-electron chi connectivity index (χ1n) is 7.18. The first-order chi connectivity index (χ1) is 10.3. The van der Waals surface area contributed by atoms with Crippen molar-refractivity contribution in [2.45, 2.75) is 27.2 Å². The number of anilines is 1. The maximum atomic E-state index is 12.5. The van der Waals surface area contributed by atoms with Gasteiger partial charge in [0.1, 0.15) is 0 Å². The lowest BCUT2D eigenvalue weighted by Crippen LogP contribution is -2.36. The van der Waals surface area contributed by atoms with Crippen LogP contribution < -0.4 is 5.32 Å². The van der Waals surface area contributed by atoms with Gasteiger partial charge >= 0.3 is 5.97 Å². The molecule has 2 amide bonds. The van der Waals surface area contributed by atoms with E-state index in [0.29, 0.717) is 17.8 Å². The number of benzene rings is 1. The third-order valence-corrected chi connectivity index (χ3v) is 2.92. The number of carboxylic acid groups (broad SMARTS) is 1. The Morgan fingerprint density at radius 2 is 1.77 bits per heavy atom. The van der Waals surface area contributed by atoms with Gasteiger partial charge in [-0.15, -0.1) is 0 Å². The number of rotatable bonds is 7. The van der Waals surface area contributed by atoms with Gasteiger partial charge in [-0.3, -0.25) is 14.4 Å². The second kappa shape index (κ2) is 8.17. The Balaban J connectivity index is 2.83. The summed E-state index contributed by atoms with van der Waals surface area (Å²) in [6.07, 6.45) is -0.0809. The van der Waals surface area contributed by atoms with Gasteiger partial charge in [0.2, 0.25) is 5.91 Å². The maximum Gasteiger partial charge on any atom is 0.305 e. The molecule has 0 aliphatic rings. The summed E-state index contributed by atoms with van der Waals surface area (Å²) >= 11 is 0. The van der Waals surface area contributed by atoms with E-state index in [0.717, 1.165) is 0 Å². The Morgan fingerprint density at radius 1 is 1.18 bits per heavy atom. The number of nitrogens with one attached hydrogen (secondary N) is 1. The summed E-state index contributed by atoms with van der Waals surface area (Å²) in [5.74, 6) is -1.06. The second-order valence-electron chi connectivity index (χ2n) is 5.55. The molecule has 0 saturated carbocycles. The van der Waals surface area contributed by atoms with Crippen LogP contribution in [0, 0.1) is 5.92 Å². The number of hydrogen-bond donors (Lipinski definition) is 2. The van der Waals surface area contributed by atoms with E-state index in [2.05, 4.69) is 5.32 Å². The molecular formula is C16H22N2O4. The molecule has 0 unspecified atom stereocenters. The zero-order valence-corrected chi connectivity index (χ0v) is 13.1. The molecule has 0 atom stereocenters. The van der Waals surface area contributed by atoms with Gasteiger partial charge in [0.05, 0.1) is 6.42 Å². The largest absolute Gasteiger partial charge is 0.481 e. The highest BCUT2D eigenvalue weighted by atomic mass is 16.4. The highest BCUT2D eigenvalue weighted by Gasteiger charge is 2.17. The molecule has 2 N–H and O–H groups in total. The molecule has 22 heavy (non-hydrogen) atoms. The van der Waals surface area contributed by atoms with Gasteiger partial charge in [-0.25, -0.2) is 0 Å². The fraction of sp³-hybridized carbons (Fsp3) is 0.438. The predicted octanol–water partition coefficient (Wildman–Crippen LogP) is 2.22. The van der Waals surface area contributed by atoms with Crippen LogP contribution in [0.4, 0.5) is 5.69 Å². The summed E-state index contributed by atoms with van der Waals surface area (Å²) in [5.41, 5.74) is 1.09. The van der Waals surface area contributed by atoms with Gasteiger partial charge in [-0.1, -0.05) is 13.8 Å². The molecule has 120 valence electrons. The fourth-order valence-electron chi connectivity index (χ4n) is 2.03. The molecule has 0 saturated heterocycles. The van der Waals surface area contributed by atoms with Crippen LogP contribution in [0.1, 0.15) is 37.6 Å². The molecule has 0 aromatic heterocycles. The minimum absolute atomic E-state index is 0.0809. The van der Waals surface area contributed by atoms with Crippen molar-refractivity contribution in [2.24, 2.45) is 5.92 Å². The van der Waals surface area contributed by atoms with Crippen LogP contribution in [-0.4, -0.2) is 40.9 Å². The van der Waals surface area contributed by atoms with Gasteiger partial charge in [-0.05, 0) is 30.2 Å². The molecule has 0 fully saturated rings. The first kappa shape index (κ1) is 17.7. The first-order valence-corrected chi connectivity index (χ1v) is 7.18. The van der Waals surface area contributed by atoms with E-state index in [1.54, 1.807) is 29.2 Å². The van der Waals surface area contributed by atoms with Crippen LogP contribution in [0.3, 0.4) is 0 Å². The third-order valence-electron chi connectivity index (χ3n) is 2.92. The molecule has 6 nitrogen and oxygen atoms in total. The van der Waals surface area contributed by atoms with Crippen molar-refractivity contribution in [1.29, 1.82) is 0 Å². The number of carbonyl (C=O) groups is 3. The van der Waals surface area contributed by atoms with E-state index in [-0.39, 0.29) is 30.7 Å². The standard InChI is InChI=1S/C16H22N2O4/c1-11(2)10-18(9-8-15(20)21)16(22)13-4-6-14(7-5-13)17-12(3)19/h4-7,11H,8-10H2,1-3H3,(H,17,19)(H,20,21). The Kier molecular flexibility index (Phi) is 6.56. The lowest BCUT2D eigenvalue weighted by Gasteiger charge is -2.24. The minimum atomic E-state index is -0.928. The molecule has 0 aliphatic heterocycles. The number of carboxylic acids is 1. The van der Waals surface area contributed by atoms with E-state index in [1.807, 2.05) is 13.8 Å². The molecule has 0 spiro atoms. The monoisotopic (exact) mass is 306 g/mol. The normalized spacial score (nSPS) is 10.4. The van der Waals surface area contributed by atoms with Crippen molar-refractivity contribution in [2.75, 3.05) is 18.4 Å². The lowest BCUT2D eigenvalue weighted by atomic mass is 10.1. The SMILES string of the molecule is CC(=O)Nc1ccc(C(=O)N(CCC(=O)O)CC(C)C)cc1. The Bertz CT molecular complexity index is 538. The average Bonchev–Trinajstić information content (AvgIpc) is 2.42. The minimum Gasteiger partial charge on any atom is -0.481 e. The second-order valence-corrected chi connectivity index (χ2v) is 5.55. The average molecular weight is 306 g/mol. The van der Waals surface area contributed by atoms with E-state index in [9.17, 15) is 14.4 Å². The number of nitrogens with zero attached hydrogens (tertiary/aromatic N) is 1. The van der Waals surface area contributed by atoms with Crippen LogP contribution in [-0.2, 0) is 9.59 Å². The lowest BCUT2D eigenvalue weighted by molar-refractivity contribution is -0.137. The van der Waals surface area contributed by atoms with Crippen LogP contribution in [0.25, 0.3) is 0 Å². The molecule has 1 aromatic rings. The molecule has 0 bridgehead atoms. The van der Waals surface area contributed by atoms with E-state index in [1.165, 1.54) is 6.92 Å². The van der Waals surface area contributed by atoms with Crippen LogP contribution in [0.15, 0.2) is 24.3 Å². The topological polar surface area (TPSA) is 86.7 Å². The van der Waals surface area contributed by atoms with Crippen molar-refractivity contribution < 1.29 is 19.5 Å². The number of aliphatic carboxylic acids is 1. The summed E-state index contributed by atoms with van der Waals surface area (Å²) in [6, 6.07) is 6.56. The number of amides is 2. The quantitative estimate of drug-likeness (QED) is 0.808. The molecular weight excluding hydrogens is 284 g/mol. The zero-order chi connectivity index (χ0) is 16.7. The van der Waals surface area contributed by atoms with E-state index >= 15 is 0 Å². The molecule has 6 heteroatoms. The smallest absolute Gasteiger partial charge is 0.305 e. The van der Waals surface area contributed by atoms with Crippen molar-refractivity contribution in [3.8, 4) is 0 Å². The maximum absolute atomic E-state index is 12.5. The molecule has 1 aromatic carbocycles. The summed E-state index contributed by atoms with van der Waals surface area (Å²) in [6.45, 7) is 6.04. The van der Waals surface area contributed by atoms with Crippen LogP contribution >= 0.6 is 0 Å². The molecule has 0 radical (unpaired) electrons. The Hall–Kier alpha value is -2.37. The Labute approximate surface area is 130 Å². The highest BCUT2D eigenvalue weighted by Crippen LogP contribution is 2.13. The van der Waals surface area contributed by atoms with E-state index < -0.39 is 5.97 Å². The zero-order valence-electron chi connectivity index (χ0n) is 13.1. The number of carbonyl (C=O) groups excluding carboxylic acids is 2. The Morgan fingerprint density at radius 3 is 2.23 bits per heavy atom. The van der Waals surface area contributed by atoms with Gasteiger partial charge in [0.25, 0.3) is 5.91 Å². The van der Waals surface area contributed by atoms with Gasteiger partial charge in [0, 0.05) is 31.3 Å². The van der Waals surface area contributed by atoms with Crippen molar-refractivity contribution >= 4 is 23.5 Å². The molecule has 1 rings (SSSR count). The molecule has 0 heterocycles. The van der Waals surface area contributed by atoms with Crippen molar-refractivity contribution in [1.82, 2.24) is 4.90 Å². The van der Waals surface area contributed by atoms with Crippen LogP contribution in [0.5, 0.6) is 0 Å². The van der Waals surface area contributed by atoms with Crippen LogP contribution in [0.2, 0.25) is 0 Å². The predicted molar refractivity (Wildman–Crippen MR) is 83.7 cm³/mol.